The van der Waals surface area contributed by atoms with Crippen LogP contribution in [-0.4, -0.2) is 13.9 Å². The Balaban J connectivity index is 2.63. The van der Waals surface area contributed by atoms with Crippen molar-refractivity contribution < 1.29 is 21.6 Å². The van der Waals surface area contributed by atoms with Crippen molar-refractivity contribution in [2.75, 3.05) is 0 Å². The summed E-state index contributed by atoms with van der Waals surface area (Å²) in [6.45, 7) is 0. The van der Waals surface area contributed by atoms with Gasteiger partial charge < -0.3 is 0 Å². The molecule has 0 atom stereocenters. The van der Waals surface area contributed by atoms with Crippen LogP contribution in [0.15, 0.2) is 11.5 Å². The zero-order chi connectivity index (χ0) is 10.1. The van der Waals surface area contributed by atoms with Crippen molar-refractivity contribution in [3.8, 4) is 0 Å². The fourth-order valence-electron chi connectivity index (χ4n) is 0.607. The van der Waals surface area contributed by atoms with E-state index in [1.165, 1.54) is 10.1 Å². The summed E-state index contributed by atoms with van der Waals surface area (Å²) in [5, 5.41) is 1.59. The quantitative estimate of drug-likeness (QED) is 0.786. The van der Waals surface area contributed by atoms with E-state index in [4.69, 9.17) is 0 Å². The third-order valence-electron chi connectivity index (χ3n) is 1.16. The lowest BCUT2D eigenvalue weighted by molar-refractivity contribution is -0.0445. The Kier molecular flexibility index (Phi) is 2.93. The van der Waals surface area contributed by atoms with Gasteiger partial charge in [-0.3, -0.25) is 0 Å². The number of hydrogen-bond donors (Lipinski definition) is 1. The highest BCUT2D eigenvalue weighted by Gasteiger charge is 2.47. The maximum absolute atomic E-state index is 11.8. The molecule has 75 valence electrons. The minimum absolute atomic E-state index is 0.0670. The zero-order valence-corrected chi connectivity index (χ0v) is 7.76. The maximum atomic E-state index is 11.8. The molecule has 0 aromatic carbocycles. The second-order valence-corrected chi connectivity index (χ2v) is 4.84. The molecule has 0 fully saturated rings. The van der Waals surface area contributed by atoms with Crippen LogP contribution in [0.25, 0.3) is 0 Å². The van der Waals surface area contributed by atoms with Crippen molar-refractivity contribution in [3.63, 3.8) is 0 Å². The van der Waals surface area contributed by atoms with E-state index in [-0.39, 0.29) is 11.8 Å². The van der Waals surface area contributed by atoms with Gasteiger partial charge >= 0.3 is 15.5 Å². The highest BCUT2D eigenvalue weighted by atomic mass is 32.2. The van der Waals surface area contributed by atoms with Crippen LogP contribution in [0.3, 0.4) is 0 Å². The van der Waals surface area contributed by atoms with Crippen LogP contribution >= 0.6 is 11.8 Å². The molecular formula is C5H5F3NO2S2. The van der Waals surface area contributed by atoms with Crippen molar-refractivity contribution in [2.24, 2.45) is 0 Å². The first-order valence-electron chi connectivity index (χ1n) is 3.09. The smallest absolute Gasteiger partial charge is 0.203 e. The fraction of sp³-hybridized carbons (Fsp3) is 0.400. The Morgan fingerprint density at radius 2 is 2.08 bits per heavy atom. The summed E-state index contributed by atoms with van der Waals surface area (Å²) in [4.78, 5) is 0. The van der Waals surface area contributed by atoms with E-state index in [0.29, 0.717) is 0 Å². The van der Waals surface area contributed by atoms with Crippen LogP contribution in [0.5, 0.6) is 0 Å². The van der Waals surface area contributed by atoms with Gasteiger partial charge in [0.05, 0.1) is 0 Å². The third kappa shape index (κ3) is 2.61. The van der Waals surface area contributed by atoms with E-state index in [2.05, 4.69) is 0 Å². The van der Waals surface area contributed by atoms with Gasteiger partial charge in [0, 0.05) is 0 Å². The SMILES string of the molecule is O=S(=O)(N[C]1CC=CS1)C(F)(F)F. The molecule has 13 heavy (non-hydrogen) atoms. The van der Waals surface area contributed by atoms with E-state index < -0.39 is 15.5 Å². The molecule has 0 aromatic heterocycles. The molecule has 0 amide bonds. The van der Waals surface area contributed by atoms with Gasteiger partial charge in [0.25, 0.3) is 0 Å². The van der Waals surface area contributed by atoms with Gasteiger partial charge in [-0.1, -0.05) is 6.08 Å². The lowest BCUT2D eigenvalue weighted by atomic mass is 10.4. The Bertz CT molecular complexity index is 300. The Morgan fingerprint density at radius 3 is 2.46 bits per heavy atom. The van der Waals surface area contributed by atoms with Crippen LogP contribution in [0, 0.1) is 5.37 Å². The number of hydrogen-bond acceptors (Lipinski definition) is 3. The molecule has 1 heterocycles. The van der Waals surface area contributed by atoms with Crippen molar-refractivity contribution >= 4 is 21.8 Å². The number of nitrogens with one attached hydrogen (secondary N) is 1. The predicted molar refractivity (Wildman–Crippen MR) is 42.7 cm³/mol. The molecule has 0 saturated carbocycles. The number of sulfonamides is 1. The molecule has 1 rings (SSSR count). The van der Waals surface area contributed by atoms with Crippen LogP contribution in [-0.2, 0) is 10.0 Å². The van der Waals surface area contributed by atoms with Gasteiger partial charge in [-0.05, 0) is 11.8 Å². The normalized spacial score (nSPS) is 19.6. The second-order valence-electron chi connectivity index (χ2n) is 2.17. The van der Waals surface area contributed by atoms with Crippen molar-refractivity contribution in [2.45, 2.75) is 11.9 Å². The Hall–Kier alpha value is -0.210. The van der Waals surface area contributed by atoms with Gasteiger partial charge in [-0.25, -0.2) is 8.42 Å². The molecule has 1 N–H and O–H groups in total. The van der Waals surface area contributed by atoms with Crippen molar-refractivity contribution in [3.05, 3.63) is 16.9 Å². The lowest BCUT2D eigenvalue weighted by Crippen LogP contribution is -2.37. The van der Waals surface area contributed by atoms with E-state index in [9.17, 15) is 21.6 Å². The van der Waals surface area contributed by atoms with E-state index in [1.54, 1.807) is 6.08 Å². The summed E-state index contributed by atoms with van der Waals surface area (Å²) in [5.41, 5.74) is -5.25. The minimum Gasteiger partial charge on any atom is -0.203 e. The molecule has 0 bridgehead atoms. The van der Waals surface area contributed by atoms with Crippen LogP contribution < -0.4 is 4.72 Å². The van der Waals surface area contributed by atoms with Crippen LogP contribution in [0.2, 0.25) is 0 Å². The standard InChI is InChI=1S/C5H5F3NO2S2/c6-5(7,8)13(10,11)9-4-2-1-3-12-4/h1,3,9H,2H2. The highest BCUT2D eigenvalue weighted by molar-refractivity contribution is 8.05. The second kappa shape index (κ2) is 3.50. The monoisotopic (exact) mass is 232 g/mol. The molecule has 1 radical (unpaired) electrons. The van der Waals surface area contributed by atoms with Crippen molar-refractivity contribution in [1.29, 1.82) is 0 Å². The predicted octanol–water partition coefficient (Wildman–Crippen LogP) is 1.57. The summed E-state index contributed by atoms with van der Waals surface area (Å²) >= 11 is 0.931. The largest absolute Gasteiger partial charge is 0.511 e. The van der Waals surface area contributed by atoms with Crippen LogP contribution in [0.1, 0.15) is 6.42 Å². The Labute approximate surface area is 77.4 Å². The third-order valence-corrected chi connectivity index (χ3v) is 3.30. The minimum atomic E-state index is -5.25. The first kappa shape index (κ1) is 10.9. The van der Waals surface area contributed by atoms with Gasteiger partial charge in [0.2, 0.25) is 0 Å². The average molecular weight is 232 g/mol. The molecule has 0 aromatic rings. The van der Waals surface area contributed by atoms with Gasteiger partial charge in [0.15, 0.2) is 0 Å². The summed E-state index contributed by atoms with van der Waals surface area (Å²) in [7, 11) is -5.23. The van der Waals surface area contributed by atoms with Gasteiger partial charge in [-0.15, -0.1) is 11.8 Å². The highest BCUT2D eigenvalue weighted by Crippen LogP contribution is 2.32. The number of alkyl halides is 3. The number of thioether (sulfide) groups is 1. The first-order valence-corrected chi connectivity index (χ1v) is 5.46. The molecule has 0 unspecified atom stereocenters. The van der Waals surface area contributed by atoms with Crippen LogP contribution in [0.4, 0.5) is 13.2 Å². The zero-order valence-electron chi connectivity index (χ0n) is 6.13. The van der Waals surface area contributed by atoms with E-state index in [1.807, 2.05) is 0 Å². The summed E-state index contributed by atoms with van der Waals surface area (Å²) < 4.78 is 57.9. The van der Waals surface area contributed by atoms with E-state index in [0.717, 1.165) is 11.8 Å². The Morgan fingerprint density at radius 1 is 1.46 bits per heavy atom. The van der Waals surface area contributed by atoms with E-state index >= 15 is 0 Å². The molecular weight excluding hydrogens is 227 g/mol. The number of halogens is 3. The molecule has 1 aliphatic heterocycles. The molecule has 1 aliphatic rings. The molecule has 3 nitrogen and oxygen atoms in total. The molecule has 0 aliphatic carbocycles. The van der Waals surface area contributed by atoms with Crippen molar-refractivity contribution in [1.82, 2.24) is 4.72 Å². The lowest BCUT2D eigenvalue weighted by Gasteiger charge is -2.12. The summed E-state index contributed by atoms with van der Waals surface area (Å²) in [5.74, 6) is 0. The summed E-state index contributed by atoms with van der Waals surface area (Å²) in [6.07, 6.45) is 1.76. The average Bonchev–Trinajstić information content (AvgIpc) is 2.35. The maximum Gasteiger partial charge on any atom is 0.511 e. The number of rotatable bonds is 2. The van der Waals surface area contributed by atoms with Gasteiger partial charge in [-0.2, -0.15) is 17.9 Å². The topological polar surface area (TPSA) is 46.2 Å². The first-order chi connectivity index (χ1) is 5.83. The fourth-order valence-corrected chi connectivity index (χ4v) is 2.18. The molecule has 0 spiro atoms. The van der Waals surface area contributed by atoms with Gasteiger partial charge in [0.1, 0.15) is 5.37 Å². The molecule has 8 heteroatoms. The summed E-state index contributed by atoms with van der Waals surface area (Å²) in [6, 6.07) is 0. The molecule has 0 saturated heterocycles.